The van der Waals surface area contributed by atoms with Gasteiger partial charge in [0.25, 0.3) is 0 Å². The molecule has 0 spiro atoms. The molecule has 1 rings (SSSR count). The highest BCUT2D eigenvalue weighted by molar-refractivity contribution is 7.89. The van der Waals surface area contributed by atoms with Crippen LogP contribution in [0.1, 0.15) is 12.0 Å². The lowest BCUT2D eigenvalue weighted by atomic mass is 10.2. The number of methoxy groups -OCH3 is 1. The van der Waals surface area contributed by atoms with Crippen molar-refractivity contribution in [1.82, 2.24) is 4.31 Å². The molecule has 0 unspecified atom stereocenters. The molecule has 0 heterocycles. The van der Waals surface area contributed by atoms with Crippen LogP contribution < -0.4 is 5.73 Å². The van der Waals surface area contributed by atoms with Gasteiger partial charge in [0.1, 0.15) is 4.90 Å². The van der Waals surface area contributed by atoms with Crippen molar-refractivity contribution in [3.8, 4) is 0 Å². The first-order chi connectivity index (χ1) is 8.93. The first-order valence-corrected chi connectivity index (χ1v) is 7.69. The van der Waals surface area contributed by atoms with Crippen molar-refractivity contribution in [2.24, 2.45) is 5.73 Å². The number of halogens is 1. The number of rotatable bonds is 7. The molecule has 0 aliphatic rings. The molecule has 0 aliphatic heterocycles. The lowest BCUT2D eigenvalue weighted by molar-refractivity contribution is 0.189. The Kier molecular flexibility index (Phi) is 6.22. The van der Waals surface area contributed by atoms with Crippen LogP contribution in [-0.2, 0) is 21.3 Å². The Balaban J connectivity index is 2.93. The number of ether oxygens (including phenoxy) is 1. The number of nitrogens with zero attached hydrogens (tertiary/aromatic N) is 1. The van der Waals surface area contributed by atoms with Crippen LogP contribution in [0.5, 0.6) is 0 Å². The summed E-state index contributed by atoms with van der Waals surface area (Å²) in [6.45, 7) is 1.22. The number of hydrogen-bond donors (Lipinski definition) is 1. The normalized spacial score (nSPS) is 12.1. The fourth-order valence-electron chi connectivity index (χ4n) is 1.60. The van der Waals surface area contributed by atoms with Crippen molar-refractivity contribution < 1.29 is 13.2 Å². The highest BCUT2D eigenvalue weighted by Crippen LogP contribution is 2.25. The lowest BCUT2D eigenvalue weighted by Gasteiger charge is -2.18. The second-order valence-corrected chi connectivity index (χ2v) is 6.56. The molecule has 7 heteroatoms. The number of hydrogen-bond acceptors (Lipinski definition) is 4. The number of benzene rings is 1. The van der Waals surface area contributed by atoms with Gasteiger partial charge >= 0.3 is 0 Å². The standard InChI is InChI=1S/C12H19ClN2O3S/c1-15(6-3-7-18-2)19(16,17)12-5-4-10(9-14)8-11(12)13/h4-5,8H,3,6-7,9,14H2,1-2H3. The van der Waals surface area contributed by atoms with Crippen LogP contribution in [-0.4, -0.2) is 40.0 Å². The zero-order chi connectivity index (χ0) is 14.5. The largest absolute Gasteiger partial charge is 0.385 e. The fraction of sp³-hybridized carbons (Fsp3) is 0.500. The first kappa shape index (κ1) is 16.4. The maximum atomic E-state index is 12.3. The van der Waals surface area contributed by atoms with Gasteiger partial charge in [-0.1, -0.05) is 17.7 Å². The van der Waals surface area contributed by atoms with Gasteiger partial charge in [-0.05, 0) is 24.1 Å². The number of sulfonamides is 1. The molecule has 0 aliphatic carbocycles. The maximum absolute atomic E-state index is 12.3. The molecule has 0 saturated carbocycles. The molecule has 19 heavy (non-hydrogen) atoms. The van der Waals surface area contributed by atoms with E-state index < -0.39 is 10.0 Å². The van der Waals surface area contributed by atoms with Gasteiger partial charge in [-0.2, -0.15) is 0 Å². The quantitative estimate of drug-likeness (QED) is 0.774. The third kappa shape index (κ3) is 4.15. The molecule has 0 aromatic heterocycles. The lowest BCUT2D eigenvalue weighted by Crippen LogP contribution is -2.28. The Hall–Kier alpha value is -0.660. The molecule has 0 radical (unpaired) electrons. The van der Waals surface area contributed by atoms with Crippen LogP contribution in [0.2, 0.25) is 5.02 Å². The summed E-state index contributed by atoms with van der Waals surface area (Å²) in [6.07, 6.45) is 0.630. The third-order valence-corrected chi connectivity index (χ3v) is 5.08. The van der Waals surface area contributed by atoms with Gasteiger partial charge in [0, 0.05) is 33.9 Å². The topological polar surface area (TPSA) is 72.6 Å². The second-order valence-electron chi connectivity index (χ2n) is 4.14. The van der Waals surface area contributed by atoms with Crippen LogP contribution in [0.3, 0.4) is 0 Å². The molecular formula is C12H19ClN2O3S. The second kappa shape index (κ2) is 7.21. The van der Waals surface area contributed by atoms with Gasteiger partial charge in [0.15, 0.2) is 0 Å². The van der Waals surface area contributed by atoms with E-state index in [9.17, 15) is 8.42 Å². The van der Waals surface area contributed by atoms with Crippen molar-refractivity contribution in [1.29, 1.82) is 0 Å². The Bertz CT molecular complexity index is 520. The van der Waals surface area contributed by atoms with Crippen LogP contribution in [0.15, 0.2) is 23.1 Å². The molecule has 0 saturated heterocycles. The summed E-state index contributed by atoms with van der Waals surface area (Å²) >= 11 is 6.01. The average Bonchev–Trinajstić information content (AvgIpc) is 2.38. The molecule has 0 atom stereocenters. The molecule has 1 aromatic rings. The van der Waals surface area contributed by atoms with Crippen molar-refractivity contribution in [2.45, 2.75) is 17.9 Å². The minimum atomic E-state index is -3.57. The summed E-state index contributed by atoms with van der Waals surface area (Å²) in [5, 5.41) is 0.196. The summed E-state index contributed by atoms with van der Waals surface area (Å²) < 4.78 is 30.8. The highest BCUT2D eigenvalue weighted by Gasteiger charge is 2.23. The van der Waals surface area contributed by atoms with Crippen LogP contribution >= 0.6 is 11.6 Å². The van der Waals surface area contributed by atoms with Crippen molar-refractivity contribution in [2.75, 3.05) is 27.3 Å². The van der Waals surface area contributed by atoms with Crippen molar-refractivity contribution >= 4 is 21.6 Å². The summed E-state index contributed by atoms with van der Waals surface area (Å²) in [5.41, 5.74) is 6.28. The van der Waals surface area contributed by atoms with E-state index in [0.717, 1.165) is 5.56 Å². The van der Waals surface area contributed by atoms with Gasteiger partial charge in [0.2, 0.25) is 10.0 Å². The Labute approximate surface area is 119 Å². The zero-order valence-electron chi connectivity index (χ0n) is 11.1. The van der Waals surface area contributed by atoms with E-state index >= 15 is 0 Å². The van der Waals surface area contributed by atoms with E-state index in [0.29, 0.717) is 26.1 Å². The summed E-state index contributed by atoms with van der Waals surface area (Å²) in [7, 11) is -0.464. The molecular weight excluding hydrogens is 288 g/mol. The summed E-state index contributed by atoms with van der Waals surface area (Å²) in [4.78, 5) is 0.103. The highest BCUT2D eigenvalue weighted by atomic mass is 35.5. The SMILES string of the molecule is COCCCN(C)S(=O)(=O)c1ccc(CN)cc1Cl. The zero-order valence-corrected chi connectivity index (χ0v) is 12.7. The molecule has 0 amide bonds. The molecule has 5 nitrogen and oxygen atoms in total. The van der Waals surface area contributed by atoms with Crippen molar-refractivity contribution in [3.05, 3.63) is 28.8 Å². The number of nitrogens with two attached hydrogens (primary N) is 1. The molecule has 0 fully saturated rings. The van der Waals surface area contributed by atoms with E-state index in [-0.39, 0.29) is 9.92 Å². The van der Waals surface area contributed by atoms with Crippen molar-refractivity contribution in [3.63, 3.8) is 0 Å². The van der Waals surface area contributed by atoms with Crippen LogP contribution in [0, 0.1) is 0 Å². The summed E-state index contributed by atoms with van der Waals surface area (Å²) in [6, 6.07) is 4.74. The van der Waals surface area contributed by atoms with Crippen LogP contribution in [0.25, 0.3) is 0 Å². The molecule has 108 valence electrons. The van der Waals surface area contributed by atoms with Gasteiger partial charge < -0.3 is 10.5 Å². The Morgan fingerprint density at radius 3 is 2.63 bits per heavy atom. The van der Waals surface area contributed by atoms with Gasteiger partial charge in [-0.25, -0.2) is 12.7 Å². The Morgan fingerprint density at radius 1 is 1.42 bits per heavy atom. The van der Waals surface area contributed by atoms with Crippen LogP contribution in [0.4, 0.5) is 0 Å². The van der Waals surface area contributed by atoms with Gasteiger partial charge in [-0.3, -0.25) is 0 Å². The van der Waals surface area contributed by atoms with E-state index in [1.54, 1.807) is 19.2 Å². The smallest absolute Gasteiger partial charge is 0.244 e. The monoisotopic (exact) mass is 306 g/mol. The Morgan fingerprint density at radius 2 is 2.11 bits per heavy atom. The van der Waals surface area contributed by atoms with E-state index in [4.69, 9.17) is 22.1 Å². The van der Waals surface area contributed by atoms with E-state index in [2.05, 4.69) is 0 Å². The minimum absolute atomic E-state index is 0.103. The van der Waals surface area contributed by atoms with E-state index in [1.165, 1.54) is 17.4 Å². The predicted octanol–water partition coefficient (Wildman–Crippen LogP) is 1.46. The van der Waals surface area contributed by atoms with Gasteiger partial charge in [-0.15, -0.1) is 0 Å². The van der Waals surface area contributed by atoms with E-state index in [1.807, 2.05) is 0 Å². The summed E-state index contributed by atoms with van der Waals surface area (Å²) in [5.74, 6) is 0. The fourth-order valence-corrected chi connectivity index (χ4v) is 3.35. The third-order valence-electron chi connectivity index (χ3n) is 2.74. The average molecular weight is 307 g/mol. The van der Waals surface area contributed by atoms with Gasteiger partial charge in [0.05, 0.1) is 5.02 Å². The molecule has 0 bridgehead atoms. The maximum Gasteiger partial charge on any atom is 0.244 e. The minimum Gasteiger partial charge on any atom is -0.385 e. The predicted molar refractivity (Wildman–Crippen MR) is 75.7 cm³/mol. The molecule has 1 aromatic carbocycles. The first-order valence-electron chi connectivity index (χ1n) is 5.87. The molecule has 2 N–H and O–H groups in total.